The molecule has 0 aromatic heterocycles. The number of benzene rings is 1. The molecule has 0 heterocycles. The highest BCUT2D eigenvalue weighted by Gasteiger charge is 1.98. The molecule has 86 valence electrons. The molecular formula is C15H16N2. The van der Waals surface area contributed by atoms with Gasteiger partial charge in [0.15, 0.2) is 0 Å². The summed E-state index contributed by atoms with van der Waals surface area (Å²) in [6, 6.07) is 8.19. The van der Waals surface area contributed by atoms with Crippen molar-refractivity contribution in [3.63, 3.8) is 0 Å². The standard InChI is InChI=1S/C15H16N2/c1-3-16-13-8-10-15(11-9-13)17-14-6-4-12(2)5-7-14/h4-11H,3H2,1-2H3. The van der Waals surface area contributed by atoms with E-state index in [0.717, 1.165) is 23.7 Å². The topological polar surface area (TPSA) is 24.7 Å². The summed E-state index contributed by atoms with van der Waals surface area (Å²) in [6.07, 6.45) is 7.98. The Morgan fingerprint density at radius 2 is 1.47 bits per heavy atom. The van der Waals surface area contributed by atoms with Gasteiger partial charge in [-0.2, -0.15) is 0 Å². The third-order valence-corrected chi connectivity index (χ3v) is 2.48. The Labute approximate surface area is 102 Å². The van der Waals surface area contributed by atoms with E-state index in [-0.39, 0.29) is 0 Å². The Hall–Kier alpha value is -1.96. The van der Waals surface area contributed by atoms with E-state index in [9.17, 15) is 0 Å². The molecule has 17 heavy (non-hydrogen) atoms. The summed E-state index contributed by atoms with van der Waals surface area (Å²) < 4.78 is 0. The van der Waals surface area contributed by atoms with Gasteiger partial charge in [-0.05, 0) is 50.3 Å². The van der Waals surface area contributed by atoms with Crippen LogP contribution in [0.5, 0.6) is 0 Å². The molecule has 2 nitrogen and oxygen atoms in total. The first-order chi connectivity index (χ1) is 8.28. The van der Waals surface area contributed by atoms with Gasteiger partial charge in [-0.25, -0.2) is 4.99 Å². The van der Waals surface area contributed by atoms with Crippen LogP contribution in [0.3, 0.4) is 0 Å². The van der Waals surface area contributed by atoms with E-state index in [0.29, 0.717) is 0 Å². The zero-order chi connectivity index (χ0) is 12.1. The lowest BCUT2D eigenvalue weighted by Gasteiger charge is -2.02. The average molecular weight is 224 g/mol. The number of hydrogen-bond donors (Lipinski definition) is 0. The molecule has 0 bridgehead atoms. The van der Waals surface area contributed by atoms with Crippen LogP contribution in [0.25, 0.3) is 0 Å². The maximum atomic E-state index is 4.54. The number of aryl methyl sites for hydroxylation is 1. The lowest BCUT2D eigenvalue weighted by atomic mass is 10.1. The summed E-state index contributed by atoms with van der Waals surface area (Å²) in [6.45, 7) is 4.92. The SMILES string of the molecule is CCN=C1C=CC(=Nc2ccc(C)cc2)C=C1. The highest BCUT2D eigenvalue weighted by molar-refractivity contribution is 6.18. The first kappa shape index (κ1) is 11.5. The summed E-state index contributed by atoms with van der Waals surface area (Å²) in [5.74, 6) is 0. The van der Waals surface area contributed by atoms with Crippen LogP contribution < -0.4 is 0 Å². The number of hydrogen-bond acceptors (Lipinski definition) is 2. The Balaban J connectivity index is 2.16. The minimum Gasteiger partial charge on any atom is -0.286 e. The lowest BCUT2D eigenvalue weighted by Crippen LogP contribution is -2.00. The predicted molar refractivity (Wildman–Crippen MR) is 74.5 cm³/mol. The van der Waals surface area contributed by atoms with E-state index in [1.54, 1.807) is 0 Å². The molecule has 1 aromatic carbocycles. The molecule has 0 amide bonds. The van der Waals surface area contributed by atoms with Crippen LogP contribution in [-0.2, 0) is 0 Å². The van der Waals surface area contributed by atoms with Gasteiger partial charge < -0.3 is 0 Å². The largest absolute Gasteiger partial charge is 0.286 e. The molecule has 0 atom stereocenters. The minimum atomic E-state index is 0.814. The molecule has 1 aliphatic carbocycles. The van der Waals surface area contributed by atoms with Crippen LogP contribution in [0.2, 0.25) is 0 Å². The van der Waals surface area contributed by atoms with Crippen molar-refractivity contribution in [1.82, 2.24) is 0 Å². The van der Waals surface area contributed by atoms with Crippen molar-refractivity contribution < 1.29 is 0 Å². The first-order valence-electron chi connectivity index (χ1n) is 5.84. The second-order valence-corrected chi connectivity index (χ2v) is 3.94. The van der Waals surface area contributed by atoms with Crippen LogP contribution in [0, 0.1) is 6.92 Å². The molecule has 0 radical (unpaired) electrons. The minimum absolute atomic E-state index is 0.814. The number of rotatable bonds is 2. The molecule has 0 N–H and O–H groups in total. The van der Waals surface area contributed by atoms with Crippen LogP contribution >= 0.6 is 0 Å². The van der Waals surface area contributed by atoms with Gasteiger partial charge in [0.1, 0.15) is 0 Å². The van der Waals surface area contributed by atoms with Gasteiger partial charge in [0, 0.05) is 6.54 Å². The molecule has 1 aliphatic rings. The molecule has 0 aliphatic heterocycles. The Morgan fingerprint density at radius 1 is 0.882 bits per heavy atom. The van der Waals surface area contributed by atoms with E-state index in [1.807, 2.05) is 43.4 Å². The Kier molecular flexibility index (Phi) is 3.66. The first-order valence-corrected chi connectivity index (χ1v) is 5.84. The maximum absolute atomic E-state index is 4.54. The van der Waals surface area contributed by atoms with E-state index >= 15 is 0 Å². The summed E-state index contributed by atoms with van der Waals surface area (Å²) >= 11 is 0. The average Bonchev–Trinajstić information content (AvgIpc) is 2.35. The predicted octanol–water partition coefficient (Wildman–Crippen LogP) is 3.65. The van der Waals surface area contributed by atoms with Gasteiger partial charge in [-0.3, -0.25) is 4.99 Å². The van der Waals surface area contributed by atoms with Gasteiger partial charge in [-0.1, -0.05) is 17.7 Å². The normalized spacial score (nSPS) is 14.0. The fraction of sp³-hybridized carbons (Fsp3) is 0.200. The summed E-state index contributed by atoms with van der Waals surface area (Å²) in [7, 11) is 0. The van der Waals surface area contributed by atoms with E-state index in [1.165, 1.54) is 5.56 Å². The van der Waals surface area contributed by atoms with Crippen molar-refractivity contribution in [2.24, 2.45) is 9.98 Å². The van der Waals surface area contributed by atoms with Crippen molar-refractivity contribution in [1.29, 1.82) is 0 Å². The third-order valence-electron chi connectivity index (χ3n) is 2.48. The summed E-state index contributed by atoms with van der Waals surface area (Å²) in [4.78, 5) is 8.87. The molecule has 2 rings (SSSR count). The fourth-order valence-corrected chi connectivity index (χ4v) is 1.58. The molecule has 1 aromatic rings. The van der Waals surface area contributed by atoms with Gasteiger partial charge in [0.2, 0.25) is 0 Å². The molecular weight excluding hydrogens is 208 g/mol. The van der Waals surface area contributed by atoms with Crippen molar-refractivity contribution in [3.05, 3.63) is 54.1 Å². The zero-order valence-corrected chi connectivity index (χ0v) is 10.2. The second kappa shape index (κ2) is 5.39. The fourth-order valence-electron chi connectivity index (χ4n) is 1.58. The van der Waals surface area contributed by atoms with Crippen molar-refractivity contribution in [3.8, 4) is 0 Å². The molecule has 0 saturated carbocycles. The van der Waals surface area contributed by atoms with Gasteiger partial charge in [0.05, 0.1) is 17.1 Å². The third kappa shape index (κ3) is 3.25. The number of nitrogens with zero attached hydrogens (tertiary/aromatic N) is 2. The van der Waals surface area contributed by atoms with Crippen molar-refractivity contribution >= 4 is 17.1 Å². The van der Waals surface area contributed by atoms with Gasteiger partial charge in [0.25, 0.3) is 0 Å². The monoisotopic (exact) mass is 224 g/mol. The number of aliphatic imine (C=N–C) groups is 2. The zero-order valence-electron chi connectivity index (χ0n) is 10.2. The van der Waals surface area contributed by atoms with E-state index < -0.39 is 0 Å². The van der Waals surface area contributed by atoms with Gasteiger partial charge in [-0.15, -0.1) is 0 Å². The van der Waals surface area contributed by atoms with Crippen LogP contribution in [0.4, 0.5) is 5.69 Å². The lowest BCUT2D eigenvalue weighted by molar-refractivity contribution is 1.13. The van der Waals surface area contributed by atoms with Crippen LogP contribution in [-0.4, -0.2) is 18.0 Å². The second-order valence-electron chi connectivity index (χ2n) is 3.94. The maximum Gasteiger partial charge on any atom is 0.0638 e. The smallest absolute Gasteiger partial charge is 0.0638 e. The molecule has 0 spiro atoms. The molecule has 0 saturated heterocycles. The van der Waals surface area contributed by atoms with E-state index in [2.05, 4.69) is 29.0 Å². The van der Waals surface area contributed by atoms with Gasteiger partial charge >= 0.3 is 0 Å². The Morgan fingerprint density at radius 3 is 2.06 bits per heavy atom. The highest BCUT2D eigenvalue weighted by Crippen LogP contribution is 2.14. The summed E-state index contributed by atoms with van der Waals surface area (Å²) in [5, 5.41) is 0. The molecule has 0 unspecified atom stereocenters. The summed E-state index contributed by atoms with van der Waals surface area (Å²) in [5.41, 5.74) is 4.20. The quantitative estimate of drug-likeness (QED) is 0.685. The van der Waals surface area contributed by atoms with Crippen molar-refractivity contribution in [2.45, 2.75) is 13.8 Å². The van der Waals surface area contributed by atoms with Crippen LogP contribution in [0.15, 0.2) is 58.6 Å². The number of allylic oxidation sites excluding steroid dienone is 4. The molecule has 2 heteroatoms. The highest BCUT2D eigenvalue weighted by atomic mass is 14.7. The van der Waals surface area contributed by atoms with Crippen LogP contribution in [0.1, 0.15) is 12.5 Å². The van der Waals surface area contributed by atoms with Crippen molar-refractivity contribution in [2.75, 3.05) is 6.54 Å². The van der Waals surface area contributed by atoms with E-state index in [4.69, 9.17) is 0 Å². The molecule has 0 fully saturated rings. The Bertz CT molecular complexity index is 484.